The van der Waals surface area contributed by atoms with Gasteiger partial charge < -0.3 is 15.1 Å². The Kier molecular flexibility index (Phi) is 3.00. The molecule has 2 fully saturated rings. The van der Waals surface area contributed by atoms with Crippen LogP contribution in [0.2, 0.25) is 0 Å². The van der Waals surface area contributed by atoms with Crippen LogP contribution in [0.1, 0.15) is 25.6 Å². The van der Waals surface area contributed by atoms with E-state index in [2.05, 4.69) is 34.0 Å². The summed E-state index contributed by atoms with van der Waals surface area (Å²) in [5, 5.41) is 2.84. The molecule has 1 aromatic heterocycles. The lowest BCUT2D eigenvalue weighted by atomic mass is 10.1. The van der Waals surface area contributed by atoms with Crippen LogP contribution in [-0.4, -0.2) is 53.1 Å². The molecule has 19 heavy (non-hydrogen) atoms. The molecule has 0 aromatic carbocycles. The van der Waals surface area contributed by atoms with E-state index in [1.54, 1.807) is 0 Å². The Labute approximate surface area is 112 Å². The number of anilines is 1. The Morgan fingerprint density at radius 2 is 2.21 bits per heavy atom. The second-order valence-corrected chi connectivity index (χ2v) is 5.41. The number of carbonyl (C=O) groups is 1. The fraction of sp³-hybridized carbons (Fsp3) is 0.615. The van der Waals surface area contributed by atoms with Crippen LogP contribution >= 0.6 is 0 Å². The lowest BCUT2D eigenvalue weighted by Gasteiger charge is -2.44. The number of hydrogen-bond donors (Lipinski definition) is 1. The third-order valence-electron chi connectivity index (χ3n) is 3.69. The fourth-order valence-electron chi connectivity index (χ4n) is 2.49. The van der Waals surface area contributed by atoms with Crippen LogP contribution in [0.4, 0.5) is 10.6 Å². The molecule has 3 rings (SSSR count). The Morgan fingerprint density at radius 3 is 2.84 bits per heavy atom. The molecule has 0 spiro atoms. The third-order valence-corrected chi connectivity index (χ3v) is 3.69. The van der Waals surface area contributed by atoms with Gasteiger partial charge in [0.1, 0.15) is 11.6 Å². The van der Waals surface area contributed by atoms with E-state index < -0.39 is 0 Å². The first-order valence-corrected chi connectivity index (χ1v) is 6.77. The number of nitrogens with zero attached hydrogens (tertiary/aromatic N) is 4. The van der Waals surface area contributed by atoms with E-state index in [0.29, 0.717) is 12.0 Å². The summed E-state index contributed by atoms with van der Waals surface area (Å²) >= 11 is 0. The molecule has 1 N–H and O–H groups in total. The lowest BCUT2D eigenvalue weighted by Crippen LogP contribution is -2.60. The first-order chi connectivity index (χ1) is 9.15. The molecule has 0 saturated carbocycles. The van der Waals surface area contributed by atoms with Crippen molar-refractivity contribution in [3.63, 3.8) is 0 Å². The van der Waals surface area contributed by atoms with Crippen LogP contribution in [0.3, 0.4) is 0 Å². The standard InChI is InChI=1S/C13H19N5O/c1-9(2)12-14-4-3-11(16-12)17-7-10(8-17)18-6-5-15-13(18)19/h3-4,9-10H,5-8H2,1-2H3,(H,15,19). The minimum atomic E-state index is 0.0650. The molecule has 3 heterocycles. The molecule has 102 valence electrons. The highest BCUT2D eigenvalue weighted by Crippen LogP contribution is 2.23. The van der Waals surface area contributed by atoms with E-state index in [1.807, 2.05) is 17.2 Å². The van der Waals surface area contributed by atoms with Crippen molar-refractivity contribution in [2.45, 2.75) is 25.8 Å². The van der Waals surface area contributed by atoms with Gasteiger partial charge >= 0.3 is 6.03 Å². The summed E-state index contributed by atoms with van der Waals surface area (Å²) in [6, 6.07) is 2.32. The van der Waals surface area contributed by atoms with Gasteiger partial charge in [-0.25, -0.2) is 14.8 Å². The Balaban J connectivity index is 1.64. The number of urea groups is 1. The van der Waals surface area contributed by atoms with Crippen molar-refractivity contribution < 1.29 is 4.79 Å². The Bertz CT molecular complexity index is 484. The predicted octanol–water partition coefficient (Wildman–Crippen LogP) is 0.814. The zero-order chi connectivity index (χ0) is 13.4. The van der Waals surface area contributed by atoms with Gasteiger partial charge in [0.25, 0.3) is 0 Å². The molecule has 2 aliphatic heterocycles. The largest absolute Gasteiger partial charge is 0.352 e. The molecule has 6 nitrogen and oxygen atoms in total. The van der Waals surface area contributed by atoms with Crippen molar-refractivity contribution >= 4 is 11.8 Å². The van der Waals surface area contributed by atoms with Crippen molar-refractivity contribution in [1.29, 1.82) is 0 Å². The van der Waals surface area contributed by atoms with Crippen molar-refractivity contribution in [3.8, 4) is 0 Å². The minimum Gasteiger partial charge on any atom is -0.352 e. The third kappa shape index (κ3) is 2.22. The van der Waals surface area contributed by atoms with E-state index >= 15 is 0 Å². The van der Waals surface area contributed by atoms with Crippen LogP contribution in [0.5, 0.6) is 0 Å². The van der Waals surface area contributed by atoms with Gasteiger partial charge in [-0.1, -0.05) is 13.8 Å². The van der Waals surface area contributed by atoms with E-state index in [0.717, 1.165) is 37.8 Å². The molecule has 0 unspecified atom stereocenters. The topological polar surface area (TPSA) is 61.4 Å². The van der Waals surface area contributed by atoms with Gasteiger partial charge in [0.05, 0.1) is 6.04 Å². The maximum atomic E-state index is 11.6. The highest BCUT2D eigenvalue weighted by atomic mass is 16.2. The maximum Gasteiger partial charge on any atom is 0.317 e. The summed E-state index contributed by atoms with van der Waals surface area (Å²) in [5.74, 6) is 2.18. The first-order valence-electron chi connectivity index (χ1n) is 6.77. The van der Waals surface area contributed by atoms with Gasteiger partial charge in [-0.3, -0.25) is 0 Å². The second kappa shape index (κ2) is 4.68. The molecule has 0 radical (unpaired) electrons. The van der Waals surface area contributed by atoms with Crippen molar-refractivity contribution in [1.82, 2.24) is 20.2 Å². The highest BCUT2D eigenvalue weighted by Gasteiger charge is 2.37. The van der Waals surface area contributed by atoms with Crippen LogP contribution < -0.4 is 10.2 Å². The van der Waals surface area contributed by atoms with Crippen molar-refractivity contribution in [2.75, 3.05) is 31.1 Å². The monoisotopic (exact) mass is 261 g/mol. The zero-order valence-corrected chi connectivity index (χ0v) is 11.3. The van der Waals surface area contributed by atoms with Gasteiger partial charge in [0.2, 0.25) is 0 Å². The summed E-state index contributed by atoms with van der Waals surface area (Å²) in [6.45, 7) is 7.49. The molecule has 0 aliphatic carbocycles. The van der Waals surface area contributed by atoms with Crippen LogP contribution in [0.25, 0.3) is 0 Å². The van der Waals surface area contributed by atoms with Gasteiger partial charge in [-0.2, -0.15) is 0 Å². The smallest absolute Gasteiger partial charge is 0.317 e. The van der Waals surface area contributed by atoms with Crippen LogP contribution in [0, 0.1) is 0 Å². The fourth-order valence-corrected chi connectivity index (χ4v) is 2.49. The average molecular weight is 261 g/mol. The van der Waals surface area contributed by atoms with Crippen LogP contribution in [0.15, 0.2) is 12.3 Å². The minimum absolute atomic E-state index is 0.0650. The molecule has 0 atom stereocenters. The van der Waals surface area contributed by atoms with E-state index in [4.69, 9.17) is 0 Å². The number of hydrogen-bond acceptors (Lipinski definition) is 4. The molecule has 0 bridgehead atoms. The number of rotatable bonds is 3. The number of amides is 2. The molecular formula is C13H19N5O. The summed E-state index contributed by atoms with van der Waals surface area (Å²) in [5.41, 5.74) is 0. The van der Waals surface area contributed by atoms with Gasteiger partial charge in [0.15, 0.2) is 0 Å². The Hall–Kier alpha value is -1.85. The summed E-state index contributed by atoms with van der Waals surface area (Å²) in [4.78, 5) is 24.5. The maximum absolute atomic E-state index is 11.6. The molecule has 1 aromatic rings. The summed E-state index contributed by atoms with van der Waals surface area (Å²) in [7, 11) is 0. The molecule has 2 aliphatic rings. The van der Waals surface area contributed by atoms with E-state index in [-0.39, 0.29) is 6.03 Å². The van der Waals surface area contributed by atoms with E-state index in [9.17, 15) is 4.79 Å². The lowest BCUT2D eigenvalue weighted by molar-refractivity contribution is 0.185. The molecular weight excluding hydrogens is 242 g/mol. The quantitative estimate of drug-likeness (QED) is 0.875. The Morgan fingerprint density at radius 1 is 1.42 bits per heavy atom. The molecule has 6 heteroatoms. The molecule has 2 amide bonds. The van der Waals surface area contributed by atoms with Crippen molar-refractivity contribution in [3.05, 3.63) is 18.1 Å². The normalized spacial score (nSPS) is 19.8. The molecule has 2 saturated heterocycles. The first kappa shape index (κ1) is 12.2. The van der Waals surface area contributed by atoms with E-state index in [1.165, 1.54) is 0 Å². The highest BCUT2D eigenvalue weighted by molar-refractivity contribution is 5.77. The summed E-state index contributed by atoms with van der Waals surface area (Å²) < 4.78 is 0. The van der Waals surface area contributed by atoms with Gasteiger partial charge in [-0.05, 0) is 6.07 Å². The van der Waals surface area contributed by atoms with Gasteiger partial charge in [0, 0.05) is 38.3 Å². The number of carbonyl (C=O) groups excluding carboxylic acids is 1. The SMILES string of the molecule is CC(C)c1nccc(N2CC(N3CCNC3=O)C2)n1. The number of nitrogens with one attached hydrogen (secondary N) is 1. The second-order valence-electron chi connectivity index (χ2n) is 5.41. The average Bonchev–Trinajstić information content (AvgIpc) is 2.74. The number of aromatic nitrogens is 2. The van der Waals surface area contributed by atoms with Crippen molar-refractivity contribution in [2.24, 2.45) is 0 Å². The van der Waals surface area contributed by atoms with Crippen LogP contribution in [-0.2, 0) is 0 Å². The predicted molar refractivity (Wildman–Crippen MR) is 72.2 cm³/mol. The zero-order valence-electron chi connectivity index (χ0n) is 11.3. The summed E-state index contributed by atoms with van der Waals surface area (Å²) in [6.07, 6.45) is 1.81. The van der Waals surface area contributed by atoms with Gasteiger partial charge in [-0.15, -0.1) is 0 Å².